The van der Waals surface area contributed by atoms with Crippen molar-refractivity contribution in [2.45, 2.75) is 6.92 Å². The highest BCUT2D eigenvalue weighted by Crippen LogP contribution is 2.17. The summed E-state index contributed by atoms with van der Waals surface area (Å²) in [6, 6.07) is 25.2. The van der Waals surface area contributed by atoms with Crippen LogP contribution in [0.5, 0.6) is 0 Å². The molecule has 0 amide bonds. The number of benzene rings is 3. The van der Waals surface area contributed by atoms with E-state index in [9.17, 15) is 4.79 Å². The first-order valence-electron chi connectivity index (χ1n) is 8.84. The molecule has 4 rings (SSSR count). The van der Waals surface area contributed by atoms with E-state index in [2.05, 4.69) is 16.8 Å². The van der Waals surface area contributed by atoms with Crippen LogP contribution in [0.3, 0.4) is 0 Å². The lowest BCUT2D eigenvalue weighted by molar-refractivity contribution is 0.825. The Hall–Kier alpha value is -3.60. The first-order valence-corrected chi connectivity index (χ1v) is 8.84. The topological polar surface area (TPSA) is 58.9 Å². The largest absolute Gasteiger partial charge is 0.367 e. The van der Waals surface area contributed by atoms with E-state index < -0.39 is 0 Å². The average Bonchev–Trinajstić information content (AvgIpc) is 2.70. The maximum atomic E-state index is 13.1. The minimum Gasteiger partial charge on any atom is -0.367 e. The molecular weight excluding hydrogens is 336 g/mol. The maximum absolute atomic E-state index is 13.1. The van der Waals surface area contributed by atoms with Crippen molar-refractivity contribution in [3.63, 3.8) is 0 Å². The second-order valence-electron chi connectivity index (χ2n) is 6.34. The quantitative estimate of drug-likeness (QED) is 0.531. The van der Waals surface area contributed by atoms with Crippen LogP contribution in [0, 0.1) is 6.92 Å². The Bertz CT molecular complexity index is 1140. The fourth-order valence-corrected chi connectivity index (χ4v) is 3.04. The van der Waals surface area contributed by atoms with Crippen LogP contribution in [0.2, 0.25) is 0 Å². The molecule has 134 valence electrons. The molecule has 0 unspecified atom stereocenters. The van der Waals surface area contributed by atoms with Crippen LogP contribution in [0.15, 0.2) is 83.7 Å². The van der Waals surface area contributed by atoms with E-state index in [0.717, 1.165) is 11.3 Å². The molecular formula is C22H20N4O. The van der Waals surface area contributed by atoms with Crippen molar-refractivity contribution in [1.29, 1.82) is 0 Å². The average molecular weight is 356 g/mol. The van der Waals surface area contributed by atoms with Crippen LogP contribution >= 0.6 is 0 Å². The van der Waals surface area contributed by atoms with Gasteiger partial charge in [-0.05, 0) is 36.8 Å². The highest BCUT2D eigenvalue weighted by Gasteiger charge is 2.12. The standard InChI is InChI=1S/C22H20N4O/c1-16-8-7-11-18(14-16)23-15-24-26-21(17-9-3-2-4-10-17)25-20-13-6-5-12-19(20)22(26)27/h2-14,23-24H,15H2,1H3. The Morgan fingerprint density at radius 3 is 2.52 bits per heavy atom. The lowest BCUT2D eigenvalue weighted by Gasteiger charge is -2.16. The number of rotatable bonds is 5. The Morgan fingerprint density at radius 2 is 1.70 bits per heavy atom. The molecule has 5 heteroatoms. The number of nitrogens with zero attached hydrogens (tertiary/aromatic N) is 2. The number of hydrogen-bond acceptors (Lipinski definition) is 4. The van der Waals surface area contributed by atoms with Gasteiger partial charge in [0.05, 0.1) is 17.6 Å². The predicted molar refractivity (Wildman–Crippen MR) is 110 cm³/mol. The molecule has 0 radical (unpaired) electrons. The van der Waals surface area contributed by atoms with E-state index in [1.807, 2.05) is 73.7 Å². The van der Waals surface area contributed by atoms with E-state index in [-0.39, 0.29) is 5.56 Å². The van der Waals surface area contributed by atoms with Gasteiger partial charge in [0.1, 0.15) is 0 Å². The summed E-state index contributed by atoms with van der Waals surface area (Å²) >= 11 is 0. The van der Waals surface area contributed by atoms with Gasteiger partial charge >= 0.3 is 0 Å². The molecule has 0 spiro atoms. The number of para-hydroxylation sites is 1. The number of aromatic nitrogens is 2. The normalized spacial score (nSPS) is 10.7. The molecule has 0 saturated carbocycles. The zero-order chi connectivity index (χ0) is 18.6. The lowest BCUT2D eigenvalue weighted by Crippen LogP contribution is -2.34. The molecule has 0 saturated heterocycles. The predicted octanol–water partition coefficient (Wildman–Crippen LogP) is 3.99. The second kappa shape index (κ2) is 7.33. The minimum absolute atomic E-state index is 0.120. The summed E-state index contributed by atoms with van der Waals surface area (Å²) in [4.78, 5) is 17.8. The zero-order valence-electron chi connectivity index (χ0n) is 15.0. The van der Waals surface area contributed by atoms with Crippen molar-refractivity contribution in [2.24, 2.45) is 0 Å². The third kappa shape index (κ3) is 3.53. The summed E-state index contributed by atoms with van der Waals surface area (Å²) < 4.78 is 1.51. The number of nitrogens with one attached hydrogen (secondary N) is 2. The van der Waals surface area contributed by atoms with E-state index in [1.54, 1.807) is 6.07 Å². The first-order chi connectivity index (χ1) is 13.2. The molecule has 1 aromatic heterocycles. The molecule has 0 aliphatic carbocycles. The van der Waals surface area contributed by atoms with Gasteiger partial charge in [0.15, 0.2) is 5.82 Å². The van der Waals surface area contributed by atoms with E-state index in [0.29, 0.717) is 23.4 Å². The molecule has 0 aliphatic heterocycles. The Labute approximate surface area is 157 Å². The van der Waals surface area contributed by atoms with Gasteiger partial charge in [-0.2, -0.15) is 0 Å². The third-order valence-corrected chi connectivity index (χ3v) is 4.36. The molecule has 2 N–H and O–H groups in total. The molecule has 1 heterocycles. The van der Waals surface area contributed by atoms with Crippen molar-refractivity contribution in [2.75, 3.05) is 17.4 Å². The molecule has 0 atom stereocenters. The lowest BCUT2D eigenvalue weighted by atomic mass is 10.2. The van der Waals surface area contributed by atoms with Gasteiger partial charge in [0.25, 0.3) is 5.56 Å². The summed E-state index contributed by atoms with van der Waals surface area (Å²) in [6.07, 6.45) is 0. The van der Waals surface area contributed by atoms with Crippen molar-refractivity contribution < 1.29 is 0 Å². The molecule has 4 aromatic rings. The van der Waals surface area contributed by atoms with Crippen LogP contribution in [0.25, 0.3) is 22.3 Å². The number of hydrogen-bond donors (Lipinski definition) is 2. The number of fused-ring (bicyclic) bond motifs is 1. The van der Waals surface area contributed by atoms with Gasteiger partial charge in [-0.15, -0.1) is 0 Å². The SMILES string of the molecule is Cc1cccc(NCNn2c(-c3ccccc3)nc3ccccc3c2=O)c1. The van der Waals surface area contributed by atoms with Gasteiger partial charge in [-0.1, -0.05) is 54.6 Å². The Morgan fingerprint density at radius 1 is 0.926 bits per heavy atom. The van der Waals surface area contributed by atoms with Gasteiger partial charge in [-0.3, -0.25) is 4.79 Å². The second-order valence-corrected chi connectivity index (χ2v) is 6.34. The van der Waals surface area contributed by atoms with E-state index in [4.69, 9.17) is 4.98 Å². The summed E-state index contributed by atoms with van der Waals surface area (Å²) in [5.74, 6) is 0.588. The fraction of sp³-hybridized carbons (Fsp3) is 0.0909. The van der Waals surface area contributed by atoms with Gasteiger partial charge in [0, 0.05) is 11.3 Å². The summed E-state index contributed by atoms with van der Waals surface area (Å²) in [7, 11) is 0. The van der Waals surface area contributed by atoms with E-state index >= 15 is 0 Å². The third-order valence-electron chi connectivity index (χ3n) is 4.36. The van der Waals surface area contributed by atoms with Gasteiger partial charge in [-0.25, -0.2) is 9.66 Å². The number of anilines is 1. The Kier molecular flexibility index (Phi) is 4.58. The summed E-state index contributed by atoms with van der Waals surface area (Å²) in [5, 5.41) is 3.87. The molecule has 3 aromatic carbocycles. The zero-order valence-corrected chi connectivity index (χ0v) is 15.0. The van der Waals surface area contributed by atoms with Crippen molar-refractivity contribution >= 4 is 16.6 Å². The monoisotopic (exact) mass is 356 g/mol. The van der Waals surface area contributed by atoms with Crippen LogP contribution in [0.4, 0.5) is 5.69 Å². The van der Waals surface area contributed by atoms with E-state index in [1.165, 1.54) is 10.2 Å². The van der Waals surface area contributed by atoms with Crippen LogP contribution in [0.1, 0.15) is 5.56 Å². The fourth-order valence-electron chi connectivity index (χ4n) is 3.04. The van der Waals surface area contributed by atoms with Gasteiger partial charge in [0.2, 0.25) is 0 Å². The molecule has 0 fully saturated rings. The first kappa shape index (κ1) is 16.8. The van der Waals surface area contributed by atoms with Crippen molar-refractivity contribution in [1.82, 2.24) is 9.66 Å². The smallest absolute Gasteiger partial charge is 0.280 e. The summed E-state index contributed by atoms with van der Waals surface area (Å²) in [6.45, 7) is 2.44. The van der Waals surface area contributed by atoms with Crippen molar-refractivity contribution in [3.05, 3.63) is 94.8 Å². The molecule has 5 nitrogen and oxygen atoms in total. The highest BCUT2D eigenvalue weighted by molar-refractivity contribution is 5.79. The highest BCUT2D eigenvalue weighted by atomic mass is 16.1. The van der Waals surface area contributed by atoms with Crippen molar-refractivity contribution in [3.8, 4) is 11.4 Å². The number of aryl methyl sites for hydroxylation is 1. The molecule has 27 heavy (non-hydrogen) atoms. The maximum Gasteiger partial charge on any atom is 0.280 e. The molecule has 0 aliphatic rings. The van der Waals surface area contributed by atoms with Crippen LogP contribution in [-0.2, 0) is 0 Å². The van der Waals surface area contributed by atoms with Crippen LogP contribution in [-0.4, -0.2) is 16.3 Å². The minimum atomic E-state index is -0.120. The molecule has 0 bridgehead atoms. The van der Waals surface area contributed by atoms with Gasteiger partial charge < -0.3 is 10.7 Å². The summed E-state index contributed by atoms with van der Waals surface area (Å²) in [5.41, 5.74) is 6.78. The van der Waals surface area contributed by atoms with Crippen LogP contribution < -0.4 is 16.3 Å². The Balaban J connectivity index is 1.71.